The number of hydrogen-bond donors (Lipinski definition) is 2. The number of aromatic nitrogens is 2. The van der Waals surface area contributed by atoms with Crippen LogP contribution in [-0.2, 0) is 23.1 Å². The summed E-state index contributed by atoms with van der Waals surface area (Å²) in [5.41, 5.74) is 6.30. The Bertz CT molecular complexity index is 619. The fourth-order valence-corrected chi connectivity index (χ4v) is 4.12. The molecule has 2 rings (SSSR count). The van der Waals surface area contributed by atoms with Crippen LogP contribution in [0.2, 0.25) is 0 Å². The van der Waals surface area contributed by atoms with E-state index in [1.807, 2.05) is 0 Å². The highest BCUT2D eigenvalue weighted by Gasteiger charge is 2.19. The average Bonchev–Trinajstić information content (AvgIpc) is 2.97. The molecule has 19 heavy (non-hydrogen) atoms. The first-order chi connectivity index (χ1) is 9.01. The van der Waals surface area contributed by atoms with Crippen molar-refractivity contribution in [2.75, 3.05) is 0 Å². The van der Waals surface area contributed by atoms with Crippen LogP contribution in [0.15, 0.2) is 34.1 Å². The molecule has 104 valence electrons. The molecule has 6 nitrogen and oxygen atoms in total. The van der Waals surface area contributed by atoms with Gasteiger partial charge in [-0.15, -0.1) is 11.3 Å². The molecule has 0 saturated heterocycles. The van der Waals surface area contributed by atoms with Crippen LogP contribution >= 0.6 is 11.3 Å². The second-order valence-electron chi connectivity index (χ2n) is 4.23. The Morgan fingerprint density at radius 1 is 1.58 bits per heavy atom. The summed E-state index contributed by atoms with van der Waals surface area (Å²) in [6, 6.07) is 3.16. The van der Waals surface area contributed by atoms with Gasteiger partial charge >= 0.3 is 0 Å². The molecule has 2 heterocycles. The molecule has 2 aromatic heterocycles. The second-order valence-corrected chi connectivity index (χ2v) is 7.08. The van der Waals surface area contributed by atoms with E-state index in [-0.39, 0.29) is 6.04 Å². The molecular formula is C11H16N4O2S2. The van der Waals surface area contributed by atoms with E-state index in [0.29, 0.717) is 17.3 Å². The van der Waals surface area contributed by atoms with Gasteiger partial charge in [0.2, 0.25) is 10.0 Å². The Labute approximate surface area is 116 Å². The Morgan fingerprint density at radius 2 is 2.37 bits per heavy atom. The lowest BCUT2D eigenvalue weighted by Crippen LogP contribution is -2.35. The minimum atomic E-state index is -3.48. The van der Waals surface area contributed by atoms with Crippen molar-refractivity contribution >= 4 is 21.4 Å². The van der Waals surface area contributed by atoms with Gasteiger partial charge in [-0.3, -0.25) is 4.68 Å². The van der Waals surface area contributed by atoms with E-state index in [2.05, 4.69) is 9.82 Å². The Morgan fingerprint density at radius 3 is 2.95 bits per heavy atom. The van der Waals surface area contributed by atoms with Crippen molar-refractivity contribution in [1.82, 2.24) is 14.5 Å². The third-order valence-corrected chi connectivity index (χ3v) is 5.58. The Hall–Kier alpha value is -1.22. The van der Waals surface area contributed by atoms with Gasteiger partial charge in [0.1, 0.15) is 4.21 Å². The minimum absolute atomic E-state index is 0.242. The largest absolute Gasteiger partial charge is 0.326 e. The van der Waals surface area contributed by atoms with Crippen LogP contribution in [0, 0.1) is 0 Å². The summed E-state index contributed by atoms with van der Waals surface area (Å²) in [5, 5.41) is 5.80. The first-order valence-corrected chi connectivity index (χ1v) is 8.15. The molecule has 0 spiro atoms. The fourth-order valence-electron chi connectivity index (χ4n) is 1.65. The molecule has 0 radical (unpaired) electrons. The van der Waals surface area contributed by atoms with E-state index in [1.54, 1.807) is 41.5 Å². The topological polar surface area (TPSA) is 90.0 Å². The van der Waals surface area contributed by atoms with Crippen molar-refractivity contribution in [3.8, 4) is 0 Å². The number of nitrogens with two attached hydrogens (primary N) is 1. The van der Waals surface area contributed by atoms with Crippen LogP contribution in [0.1, 0.15) is 12.5 Å². The predicted octanol–water partition coefficient (Wildman–Crippen LogP) is 0.770. The Balaban J connectivity index is 2.04. The third kappa shape index (κ3) is 3.63. The van der Waals surface area contributed by atoms with E-state index in [9.17, 15) is 8.42 Å². The van der Waals surface area contributed by atoms with Gasteiger partial charge in [0, 0.05) is 25.0 Å². The highest BCUT2D eigenvalue weighted by molar-refractivity contribution is 7.91. The maximum absolute atomic E-state index is 12.1. The van der Waals surface area contributed by atoms with Crippen molar-refractivity contribution in [3.05, 3.63) is 35.5 Å². The first-order valence-electron chi connectivity index (χ1n) is 5.78. The van der Waals surface area contributed by atoms with Gasteiger partial charge in [-0.25, -0.2) is 13.1 Å². The van der Waals surface area contributed by atoms with Gasteiger partial charge in [-0.05, 0) is 30.0 Å². The summed E-state index contributed by atoms with van der Waals surface area (Å²) in [7, 11) is -3.48. The van der Waals surface area contributed by atoms with Crippen LogP contribution in [0.25, 0.3) is 0 Å². The van der Waals surface area contributed by atoms with Gasteiger partial charge in [0.05, 0.1) is 6.54 Å². The fraction of sp³-hybridized carbons (Fsp3) is 0.364. The molecule has 3 N–H and O–H groups in total. The van der Waals surface area contributed by atoms with Crippen molar-refractivity contribution < 1.29 is 8.42 Å². The summed E-state index contributed by atoms with van der Waals surface area (Å²) in [6.45, 7) is 2.63. The van der Waals surface area contributed by atoms with Crippen molar-refractivity contribution in [2.45, 2.75) is 30.3 Å². The van der Waals surface area contributed by atoms with E-state index < -0.39 is 10.0 Å². The monoisotopic (exact) mass is 300 g/mol. The molecule has 0 bridgehead atoms. The number of sulfonamides is 1. The normalized spacial score (nSPS) is 13.6. The molecule has 0 aromatic carbocycles. The Kier molecular flexibility index (Phi) is 4.35. The van der Waals surface area contributed by atoms with Crippen LogP contribution in [0.5, 0.6) is 0 Å². The zero-order valence-corrected chi connectivity index (χ0v) is 12.1. The zero-order chi connectivity index (χ0) is 13.9. The van der Waals surface area contributed by atoms with Crippen LogP contribution in [0.3, 0.4) is 0 Å². The molecule has 1 atom stereocenters. The zero-order valence-electron chi connectivity index (χ0n) is 10.5. The third-order valence-electron chi connectivity index (χ3n) is 2.51. The quantitative estimate of drug-likeness (QED) is 0.824. The summed E-state index contributed by atoms with van der Waals surface area (Å²) in [6.07, 6.45) is 3.45. The van der Waals surface area contributed by atoms with Gasteiger partial charge in [-0.2, -0.15) is 5.10 Å². The summed E-state index contributed by atoms with van der Waals surface area (Å²) in [4.78, 5) is 0. The van der Waals surface area contributed by atoms with Crippen molar-refractivity contribution in [3.63, 3.8) is 0 Å². The number of nitrogens with one attached hydrogen (secondary N) is 1. The van der Waals surface area contributed by atoms with Crippen LogP contribution in [0.4, 0.5) is 0 Å². The lowest BCUT2D eigenvalue weighted by atomic mass is 10.4. The maximum atomic E-state index is 12.1. The number of hydrogen-bond acceptors (Lipinski definition) is 5. The van der Waals surface area contributed by atoms with Gasteiger partial charge < -0.3 is 5.73 Å². The highest BCUT2D eigenvalue weighted by atomic mass is 32.2. The van der Waals surface area contributed by atoms with E-state index in [1.165, 1.54) is 11.3 Å². The molecule has 0 saturated carbocycles. The van der Waals surface area contributed by atoms with E-state index in [4.69, 9.17) is 5.73 Å². The molecule has 0 amide bonds. The smallest absolute Gasteiger partial charge is 0.250 e. The molecule has 0 aliphatic heterocycles. The minimum Gasteiger partial charge on any atom is -0.326 e. The average molecular weight is 300 g/mol. The maximum Gasteiger partial charge on any atom is 0.250 e. The molecule has 0 fully saturated rings. The molecule has 1 unspecified atom stereocenters. The van der Waals surface area contributed by atoms with Gasteiger partial charge in [0.15, 0.2) is 0 Å². The molecular weight excluding hydrogens is 284 g/mol. The summed E-state index contributed by atoms with van der Waals surface area (Å²) >= 11 is 1.18. The van der Waals surface area contributed by atoms with Gasteiger partial charge in [-0.1, -0.05) is 0 Å². The van der Waals surface area contributed by atoms with Crippen LogP contribution in [-0.4, -0.2) is 24.2 Å². The summed E-state index contributed by atoms with van der Waals surface area (Å²) < 4.78 is 28.9. The molecule has 0 aliphatic carbocycles. The summed E-state index contributed by atoms with van der Waals surface area (Å²) in [5.74, 6) is 0. The van der Waals surface area contributed by atoms with E-state index in [0.717, 1.165) is 5.56 Å². The highest BCUT2D eigenvalue weighted by Crippen LogP contribution is 2.20. The lowest BCUT2D eigenvalue weighted by Gasteiger charge is -2.13. The molecule has 2 aromatic rings. The van der Waals surface area contributed by atoms with E-state index >= 15 is 0 Å². The molecule has 8 heteroatoms. The predicted molar refractivity (Wildman–Crippen MR) is 74.2 cm³/mol. The number of nitrogens with zero attached hydrogens (tertiary/aromatic N) is 2. The second kappa shape index (κ2) is 5.83. The molecule has 0 aliphatic rings. The standard InChI is InChI=1S/C11H16N4O2S2/c1-9(7-15-4-2-3-13-15)14-19(16,17)11-5-10(6-12)8-18-11/h2-5,8-9,14H,6-7,12H2,1H3. The number of rotatable bonds is 6. The lowest BCUT2D eigenvalue weighted by molar-refractivity contribution is 0.494. The SMILES string of the molecule is CC(Cn1cccn1)NS(=O)(=O)c1cc(CN)cs1. The first kappa shape index (κ1) is 14.2. The van der Waals surface area contributed by atoms with Crippen LogP contribution < -0.4 is 10.5 Å². The van der Waals surface area contributed by atoms with Gasteiger partial charge in [0.25, 0.3) is 0 Å². The number of thiophene rings is 1. The van der Waals surface area contributed by atoms with Crippen molar-refractivity contribution in [1.29, 1.82) is 0 Å². The van der Waals surface area contributed by atoms with Crippen molar-refractivity contribution in [2.24, 2.45) is 5.73 Å².